The van der Waals surface area contributed by atoms with Crippen LogP contribution in [0.3, 0.4) is 0 Å². The highest BCUT2D eigenvalue weighted by atomic mass is 19.1. The van der Waals surface area contributed by atoms with E-state index < -0.39 is 11.6 Å². The summed E-state index contributed by atoms with van der Waals surface area (Å²) in [6.07, 6.45) is 1.51. The Morgan fingerprint density at radius 1 is 1.40 bits per heavy atom. The Labute approximate surface area is 118 Å². The average molecular weight is 285 g/mol. The van der Waals surface area contributed by atoms with Crippen LogP contribution >= 0.6 is 0 Å². The predicted octanol–water partition coefficient (Wildman–Crippen LogP) is 2.67. The topological polar surface area (TPSA) is 30.5 Å². The number of benzene rings is 1. The fourth-order valence-corrected chi connectivity index (χ4v) is 2.59. The number of rotatable bonds is 6. The van der Waals surface area contributed by atoms with Crippen LogP contribution in [0.5, 0.6) is 0 Å². The van der Waals surface area contributed by atoms with E-state index in [0.29, 0.717) is 25.3 Å². The Balaban J connectivity index is 2.04. The van der Waals surface area contributed by atoms with Crippen molar-refractivity contribution in [1.29, 1.82) is 0 Å². The Hall–Kier alpha value is -1.04. The van der Waals surface area contributed by atoms with E-state index in [1.54, 1.807) is 7.11 Å². The summed E-state index contributed by atoms with van der Waals surface area (Å²) < 4.78 is 37.9. The van der Waals surface area contributed by atoms with E-state index in [4.69, 9.17) is 9.47 Å². The van der Waals surface area contributed by atoms with Crippen molar-refractivity contribution in [3.05, 3.63) is 35.4 Å². The number of nitrogens with one attached hydrogen (secondary N) is 1. The summed E-state index contributed by atoms with van der Waals surface area (Å²) in [6.45, 7) is 2.68. The molecule has 2 atom stereocenters. The molecule has 5 heteroatoms. The van der Waals surface area contributed by atoms with Gasteiger partial charge in [0.1, 0.15) is 11.6 Å². The Morgan fingerprint density at radius 2 is 2.25 bits per heavy atom. The van der Waals surface area contributed by atoms with Crippen LogP contribution in [0.15, 0.2) is 18.2 Å². The zero-order chi connectivity index (χ0) is 14.4. The molecule has 1 N–H and O–H groups in total. The van der Waals surface area contributed by atoms with Crippen LogP contribution in [0.4, 0.5) is 8.78 Å². The van der Waals surface area contributed by atoms with Gasteiger partial charge < -0.3 is 14.8 Å². The Bertz CT molecular complexity index is 428. The lowest BCUT2D eigenvalue weighted by atomic mass is 9.89. The van der Waals surface area contributed by atoms with Gasteiger partial charge in [-0.1, -0.05) is 0 Å². The zero-order valence-electron chi connectivity index (χ0n) is 11.7. The van der Waals surface area contributed by atoms with E-state index in [0.717, 1.165) is 31.5 Å². The van der Waals surface area contributed by atoms with Gasteiger partial charge in [0, 0.05) is 38.3 Å². The minimum atomic E-state index is -0.429. The first-order valence-corrected chi connectivity index (χ1v) is 6.98. The van der Waals surface area contributed by atoms with E-state index in [1.807, 2.05) is 0 Å². The summed E-state index contributed by atoms with van der Waals surface area (Å²) in [4.78, 5) is 0. The van der Waals surface area contributed by atoms with Crippen molar-refractivity contribution >= 4 is 0 Å². The number of hydrogen-bond donors (Lipinski definition) is 1. The van der Waals surface area contributed by atoms with Crippen LogP contribution in [-0.4, -0.2) is 33.4 Å². The second-order valence-electron chi connectivity index (χ2n) is 5.06. The summed E-state index contributed by atoms with van der Waals surface area (Å²) in [7, 11) is 1.65. The molecular formula is C15H21F2NO2. The van der Waals surface area contributed by atoms with Crippen molar-refractivity contribution in [2.45, 2.75) is 18.9 Å². The highest BCUT2D eigenvalue weighted by Gasteiger charge is 2.29. The lowest BCUT2D eigenvalue weighted by Crippen LogP contribution is -2.33. The summed E-state index contributed by atoms with van der Waals surface area (Å²) in [5, 5.41) is 3.27. The maximum atomic E-state index is 13.9. The molecule has 0 aliphatic carbocycles. The maximum Gasteiger partial charge on any atom is 0.129 e. The molecule has 0 saturated carbocycles. The molecule has 1 aliphatic rings. The van der Waals surface area contributed by atoms with Crippen molar-refractivity contribution in [3.63, 3.8) is 0 Å². The molecular weight excluding hydrogens is 264 g/mol. The molecule has 2 rings (SSSR count). The summed E-state index contributed by atoms with van der Waals surface area (Å²) >= 11 is 0. The van der Waals surface area contributed by atoms with Crippen LogP contribution < -0.4 is 5.32 Å². The van der Waals surface area contributed by atoms with Gasteiger partial charge in [0.2, 0.25) is 0 Å². The van der Waals surface area contributed by atoms with Crippen LogP contribution in [0.25, 0.3) is 0 Å². The standard InChI is InChI=1S/C15H21F2NO2/c1-19-8-6-18-10-11-3-2-7-20-15(11)13-9-12(16)4-5-14(13)17/h4-5,9,11,15,18H,2-3,6-8,10H2,1H3. The third-order valence-corrected chi connectivity index (χ3v) is 3.60. The van der Waals surface area contributed by atoms with Gasteiger partial charge in [-0.25, -0.2) is 8.78 Å². The SMILES string of the molecule is COCCNCC1CCCOC1c1cc(F)ccc1F. The van der Waals surface area contributed by atoms with Crippen LogP contribution in [-0.2, 0) is 9.47 Å². The quantitative estimate of drug-likeness (QED) is 0.815. The van der Waals surface area contributed by atoms with Crippen molar-refractivity contribution in [2.24, 2.45) is 5.92 Å². The molecule has 3 nitrogen and oxygen atoms in total. The molecule has 0 bridgehead atoms. The van der Waals surface area contributed by atoms with Crippen LogP contribution in [0, 0.1) is 17.6 Å². The van der Waals surface area contributed by atoms with E-state index in [9.17, 15) is 8.78 Å². The molecule has 112 valence electrons. The third-order valence-electron chi connectivity index (χ3n) is 3.60. The first-order valence-electron chi connectivity index (χ1n) is 6.98. The van der Waals surface area contributed by atoms with E-state index >= 15 is 0 Å². The molecule has 2 unspecified atom stereocenters. The fraction of sp³-hybridized carbons (Fsp3) is 0.600. The van der Waals surface area contributed by atoms with Crippen molar-refractivity contribution in [2.75, 3.05) is 33.4 Å². The van der Waals surface area contributed by atoms with Crippen molar-refractivity contribution < 1.29 is 18.3 Å². The highest BCUT2D eigenvalue weighted by molar-refractivity contribution is 5.22. The predicted molar refractivity (Wildman–Crippen MR) is 72.5 cm³/mol. The summed E-state index contributed by atoms with van der Waals surface area (Å²) in [6, 6.07) is 3.54. The second-order valence-corrected chi connectivity index (χ2v) is 5.06. The Morgan fingerprint density at radius 3 is 3.05 bits per heavy atom. The highest BCUT2D eigenvalue weighted by Crippen LogP contribution is 2.34. The molecule has 0 amide bonds. The van der Waals surface area contributed by atoms with Crippen molar-refractivity contribution in [1.82, 2.24) is 5.32 Å². The second kappa shape index (κ2) is 7.67. The number of methoxy groups -OCH3 is 1. The lowest BCUT2D eigenvalue weighted by Gasteiger charge is -2.32. The van der Waals surface area contributed by atoms with Crippen LogP contribution in [0.2, 0.25) is 0 Å². The average Bonchev–Trinajstić information content (AvgIpc) is 2.47. The largest absolute Gasteiger partial charge is 0.383 e. The van der Waals surface area contributed by atoms with Gasteiger partial charge in [0.15, 0.2) is 0 Å². The molecule has 1 aliphatic heterocycles. The minimum Gasteiger partial charge on any atom is -0.383 e. The van der Waals surface area contributed by atoms with Crippen LogP contribution in [0.1, 0.15) is 24.5 Å². The maximum absolute atomic E-state index is 13.9. The first-order chi connectivity index (χ1) is 9.72. The summed E-state index contributed by atoms with van der Waals surface area (Å²) in [5.41, 5.74) is 0.322. The van der Waals surface area contributed by atoms with Gasteiger partial charge in [0.25, 0.3) is 0 Å². The monoisotopic (exact) mass is 285 g/mol. The normalized spacial score (nSPS) is 22.9. The molecule has 1 aromatic rings. The van der Waals surface area contributed by atoms with Gasteiger partial charge in [-0.2, -0.15) is 0 Å². The molecule has 1 aromatic carbocycles. The number of halogens is 2. The minimum absolute atomic E-state index is 0.150. The van der Waals surface area contributed by atoms with Gasteiger partial charge in [0.05, 0.1) is 12.7 Å². The molecule has 20 heavy (non-hydrogen) atoms. The zero-order valence-corrected chi connectivity index (χ0v) is 11.7. The van der Waals surface area contributed by atoms with Gasteiger partial charge >= 0.3 is 0 Å². The third kappa shape index (κ3) is 3.98. The van der Waals surface area contributed by atoms with E-state index in [-0.39, 0.29) is 12.0 Å². The van der Waals surface area contributed by atoms with Gasteiger partial charge in [-0.15, -0.1) is 0 Å². The fourth-order valence-electron chi connectivity index (χ4n) is 2.59. The van der Waals surface area contributed by atoms with E-state index in [2.05, 4.69) is 5.32 Å². The molecule has 1 fully saturated rings. The van der Waals surface area contributed by atoms with Crippen molar-refractivity contribution in [3.8, 4) is 0 Å². The molecule has 1 heterocycles. The summed E-state index contributed by atoms with van der Waals surface area (Å²) in [5.74, 6) is -0.682. The Kier molecular flexibility index (Phi) is 5.88. The molecule has 0 spiro atoms. The smallest absolute Gasteiger partial charge is 0.129 e. The van der Waals surface area contributed by atoms with Gasteiger partial charge in [-0.3, -0.25) is 0 Å². The first kappa shape index (κ1) is 15.4. The lowest BCUT2D eigenvalue weighted by molar-refractivity contribution is -0.0300. The number of hydrogen-bond acceptors (Lipinski definition) is 3. The molecule has 0 radical (unpaired) electrons. The molecule has 0 aromatic heterocycles. The van der Waals surface area contributed by atoms with E-state index in [1.165, 1.54) is 6.07 Å². The van der Waals surface area contributed by atoms with Gasteiger partial charge in [-0.05, 0) is 31.0 Å². The molecule has 1 saturated heterocycles. The number of ether oxygens (including phenoxy) is 2.